The number of nitro groups is 1. The summed E-state index contributed by atoms with van der Waals surface area (Å²) in [7, 11) is 0. The van der Waals surface area contributed by atoms with Crippen LogP contribution in [0.1, 0.15) is 11.1 Å². The number of carbonyl (C=O) groups is 2. The maximum atomic E-state index is 12.8. The molecule has 3 aromatic carbocycles. The van der Waals surface area contributed by atoms with Crippen LogP contribution in [-0.2, 0) is 16.2 Å². The van der Waals surface area contributed by atoms with E-state index in [1.54, 1.807) is 42.5 Å². The van der Waals surface area contributed by atoms with Gasteiger partial charge in [-0.1, -0.05) is 59.1 Å². The van der Waals surface area contributed by atoms with Crippen LogP contribution in [0.25, 0.3) is 6.08 Å². The van der Waals surface area contributed by atoms with Gasteiger partial charge in [0.25, 0.3) is 11.8 Å². The van der Waals surface area contributed by atoms with E-state index < -0.39 is 22.4 Å². The van der Waals surface area contributed by atoms with E-state index in [1.807, 2.05) is 0 Å². The third-order valence-corrected chi connectivity index (χ3v) is 5.71. The summed E-state index contributed by atoms with van der Waals surface area (Å²) in [5, 5.41) is 13.5. The SMILES string of the molecule is O=C1NN(c2ccccc2)C(=O)/C1=C\c1cc(Cl)c(OCc2ccc(Cl)cc2Cl)c([N+](=O)[O-])c1. The van der Waals surface area contributed by atoms with E-state index in [4.69, 9.17) is 39.5 Å². The smallest absolute Gasteiger partial charge is 0.313 e. The number of benzene rings is 3. The molecule has 1 saturated heterocycles. The number of nitrogens with zero attached hydrogens (tertiary/aromatic N) is 2. The summed E-state index contributed by atoms with van der Waals surface area (Å²) >= 11 is 18.3. The summed E-state index contributed by atoms with van der Waals surface area (Å²) in [4.78, 5) is 36.2. The Kier molecular flexibility index (Phi) is 6.74. The summed E-state index contributed by atoms with van der Waals surface area (Å²) in [6.45, 7) is -0.0933. The minimum atomic E-state index is -0.667. The molecule has 1 heterocycles. The highest BCUT2D eigenvalue weighted by atomic mass is 35.5. The summed E-state index contributed by atoms with van der Waals surface area (Å²) in [6.07, 6.45) is 1.24. The highest BCUT2D eigenvalue weighted by molar-refractivity contribution is 6.35. The summed E-state index contributed by atoms with van der Waals surface area (Å²) in [5.41, 5.74) is 3.04. The lowest BCUT2D eigenvalue weighted by Gasteiger charge is -2.13. The first-order chi connectivity index (χ1) is 16.2. The molecule has 1 aliphatic heterocycles. The molecule has 8 nitrogen and oxygen atoms in total. The second-order valence-corrected chi connectivity index (χ2v) is 8.36. The summed E-state index contributed by atoms with van der Waals surface area (Å²) < 4.78 is 5.60. The third kappa shape index (κ3) is 4.84. The van der Waals surface area contributed by atoms with Crippen molar-refractivity contribution in [3.8, 4) is 5.75 Å². The highest BCUT2D eigenvalue weighted by Gasteiger charge is 2.34. The van der Waals surface area contributed by atoms with Crippen molar-refractivity contribution in [3.05, 3.63) is 103 Å². The zero-order valence-corrected chi connectivity index (χ0v) is 19.4. The Hall–Kier alpha value is -3.59. The van der Waals surface area contributed by atoms with Gasteiger partial charge in [0.2, 0.25) is 5.75 Å². The van der Waals surface area contributed by atoms with E-state index in [9.17, 15) is 19.7 Å². The van der Waals surface area contributed by atoms with Gasteiger partial charge in [0.05, 0.1) is 15.6 Å². The van der Waals surface area contributed by atoms with E-state index in [-0.39, 0.29) is 28.5 Å². The molecule has 3 aromatic rings. The van der Waals surface area contributed by atoms with Crippen molar-refractivity contribution in [1.29, 1.82) is 0 Å². The summed E-state index contributed by atoms with van der Waals surface area (Å²) in [6, 6.07) is 15.8. The topological polar surface area (TPSA) is 102 Å². The van der Waals surface area contributed by atoms with Crippen LogP contribution in [0.2, 0.25) is 15.1 Å². The molecule has 0 atom stereocenters. The van der Waals surface area contributed by atoms with Crippen molar-refractivity contribution in [2.45, 2.75) is 6.61 Å². The molecular weight excluding hydrogens is 505 g/mol. The molecule has 4 rings (SSSR count). The minimum Gasteiger partial charge on any atom is -0.481 e. The van der Waals surface area contributed by atoms with Crippen molar-refractivity contribution in [2.24, 2.45) is 0 Å². The van der Waals surface area contributed by atoms with Crippen LogP contribution in [0.4, 0.5) is 11.4 Å². The fourth-order valence-corrected chi connectivity index (χ4v) is 3.97. The number of nitro benzene ring substituents is 1. The standard InChI is InChI=1S/C23H14Cl3N3O5/c24-15-7-6-14(18(25)11-15)12-34-21-19(26)9-13(10-20(21)29(32)33)8-17-22(30)27-28(23(17)31)16-4-2-1-3-5-16/h1-11H,12H2,(H,27,30)/b17-8-. The largest absolute Gasteiger partial charge is 0.481 e. The molecule has 2 amide bonds. The van der Waals surface area contributed by atoms with Gasteiger partial charge in [-0.3, -0.25) is 25.1 Å². The molecule has 0 radical (unpaired) electrons. The number of para-hydroxylation sites is 1. The number of ether oxygens (including phenoxy) is 1. The maximum absolute atomic E-state index is 12.8. The monoisotopic (exact) mass is 517 g/mol. The normalized spacial score (nSPS) is 14.4. The van der Waals surface area contributed by atoms with Crippen LogP contribution >= 0.6 is 34.8 Å². The fourth-order valence-electron chi connectivity index (χ4n) is 3.23. The second kappa shape index (κ2) is 9.72. The fraction of sp³-hybridized carbons (Fsp3) is 0.0435. The predicted molar refractivity (Wildman–Crippen MR) is 129 cm³/mol. The van der Waals surface area contributed by atoms with E-state index in [0.717, 1.165) is 5.01 Å². The molecule has 34 heavy (non-hydrogen) atoms. The number of carbonyl (C=O) groups excluding carboxylic acids is 2. The molecule has 0 saturated carbocycles. The van der Waals surface area contributed by atoms with Gasteiger partial charge < -0.3 is 4.74 Å². The Bertz CT molecular complexity index is 1350. The van der Waals surface area contributed by atoms with Gasteiger partial charge >= 0.3 is 5.69 Å². The highest BCUT2D eigenvalue weighted by Crippen LogP contribution is 2.38. The molecule has 1 N–H and O–H groups in total. The number of hydrogen-bond acceptors (Lipinski definition) is 5. The van der Waals surface area contributed by atoms with Crippen molar-refractivity contribution in [1.82, 2.24) is 5.43 Å². The van der Waals surface area contributed by atoms with E-state index in [0.29, 0.717) is 21.3 Å². The Morgan fingerprint density at radius 1 is 1.00 bits per heavy atom. The molecule has 1 fully saturated rings. The molecule has 0 bridgehead atoms. The zero-order valence-electron chi connectivity index (χ0n) is 17.1. The van der Waals surface area contributed by atoms with E-state index in [1.165, 1.54) is 24.3 Å². The van der Waals surface area contributed by atoms with Crippen LogP contribution in [0, 0.1) is 10.1 Å². The Morgan fingerprint density at radius 2 is 1.74 bits per heavy atom. The quantitative estimate of drug-likeness (QED) is 0.198. The Morgan fingerprint density at radius 3 is 2.41 bits per heavy atom. The molecule has 172 valence electrons. The molecule has 0 aliphatic carbocycles. The Labute approximate surface area is 208 Å². The maximum Gasteiger partial charge on any atom is 0.313 e. The average Bonchev–Trinajstić information content (AvgIpc) is 3.08. The van der Waals surface area contributed by atoms with Crippen molar-refractivity contribution in [2.75, 3.05) is 5.01 Å². The van der Waals surface area contributed by atoms with Crippen molar-refractivity contribution >= 4 is 64.1 Å². The lowest BCUT2D eigenvalue weighted by Crippen LogP contribution is -2.35. The van der Waals surface area contributed by atoms with E-state index >= 15 is 0 Å². The van der Waals surface area contributed by atoms with Crippen LogP contribution < -0.4 is 15.2 Å². The van der Waals surface area contributed by atoms with Gasteiger partial charge in [-0.2, -0.15) is 0 Å². The van der Waals surface area contributed by atoms with Gasteiger partial charge in [-0.15, -0.1) is 0 Å². The van der Waals surface area contributed by atoms with Gasteiger partial charge in [-0.25, -0.2) is 5.01 Å². The number of hydrazine groups is 1. The number of amides is 2. The molecule has 0 spiro atoms. The first-order valence-electron chi connectivity index (χ1n) is 9.71. The number of hydrogen-bond donors (Lipinski definition) is 1. The van der Waals surface area contributed by atoms with Crippen LogP contribution in [0.3, 0.4) is 0 Å². The minimum absolute atomic E-state index is 0.0723. The zero-order chi connectivity index (χ0) is 24.4. The van der Waals surface area contributed by atoms with Crippen LogP contribution in [-0.4, -0.2) is 16.7 Å². The molecule has 11 heteroatoms. The lowest BCUT2D eigenvalue weighted by molar-refractivity contribution is -0.385. The van der Waals surface area contributed by atoms with Crippen molar-refractivity contribution in [3.63, 3.8) is 0 Å². The molecule has 1 aliphatic rings. The first kappa shape index (κ1) is 23.6. The van der Waals surface area contributed by atoms with Crippen LogP contribution in [0.5, 0.6) is 5.75 Å². The average molecular weight is 519 g/mol. The number of halogens is 3. The molecular formula is C23H14Cl3N3O5. The number of anilines is 1. The number of nitrogens with one attached hydrogen (secondary N) is 1. The molecule has 0 aromatic heterocycles. The van der Waals surface area contributed by atoms with Gasteiger partial charge in [0.15, 0.2) is 0 Å². The van der Waals surface area contributed by atoms with Gasteiger partial charge in [0, 0.05) is 21.7 Å². The number of rotatable bonds is 6. The van der Waals surface area contributed by atoms with Crippen LogP contribution in [0.15, 0.2) is 66.2 Å². The Balaban J connectivity index is 1.63. The second-order valence-electron chi connectivity index (χ2n) is 7.11. The predicted octanol–water partition coefficient (Wildman–Crippen LogP) is 5.60. The third-order valence-electron chi connectivity index (χ3n) is 4.85. The van der Waals surface area contributed by atoms with Gasteiger partial charge in [0.1, 0.15) is 12.2 Å². The van der Waals surface area contributed by atoms with Crippen molar-refractivity contribution < 1.29 is 19.2 Å². The lowest BCUT2D eigenvalue weighted by atomic mass is 10.1. The van der Waals surface area contributed by atoms with Gasteiger partial charge in [-0.05, 0) is 42.0 Å². The first-order valence-corrected chi connectivity index (χ1v) is 10.8. The molecule has 0 unspecified atom stereocenters. The summed E-state index contributed by atoms with van der Waals surface area (Å²) in [5.74, 6) is -1.43. The van der Waals surface area contributed by atoms with E-state index in [2.05, 4.69) is 5.43 Å².